The highest BCUT2D eigenvalue weighted by Gasteiger charge is 2.16. The summed E-state index contributed by atoms with van der Waals surface area (Å²) in [6, 6.07) is 0. The maximum absolute atomic E-state index is 11.6. The molecule has 0 bridgehead atoms. The van der Waals surface area contributed by atoms with Crippen LogP contribution in [0.3, 0.4) is 0 Å². The number of carbonyl (C=O) groups is 2. The highest BCUT2D eigenvalue weighted by molar-refractivity contribution is 7.99. The molecule has 2 unspecified atom stereocenters. The lowest BCUT2D eigenvalue weighted by Gasteiger charge is -2.19. The minimum atomic E-state index is -0.429. The third-order valence-corrected chi connectivity index (χ3v) is 11.7. The van der Waals surface area contributed by atoms with Gasteiger partial charge in [-0.05, 0) is 52.4 Å². The monoisotopic (exact) mass is 979 g/mol. The van der Waals surface area contributed by atoms with Crippen LogP contribution in [0.4, 0.5) is 0 Å². The van der Waals surface area contributed by atoms with Gasteiger partial charge in [0.1, 0.15) is 0 Å². The molecule has 378 valence electrons. The molecule has 63 heavy (non-hydrogen) atoms. The number of ether oxygens (including phenoxy) is 8. The van der Waals surface area contributed by atoms with Gasteiger partial charge in [0.25, 0.3) is 0 Å². The van der Waals surface area contributed by atoms with E-state index in [1.54, 1.807) is 35.3 Å². The molecule has 0 rings (SSSR count). The summed E-state index contributed by atoms with van der Waals surface area (Å²) in [5, 5.41) is 19.7. The predicted octanol–water partition coefficient (Wildman–Crippen LogP) is 8.95. The lowest BCUT2D eigenvalue weighted by atomic mass is 9.99. The Balaban J connectivity index is 0. The normalized spacial score (nSPS) is 13.4. The Kier molecular flexibility index (Phi) is 42.4. The molecule has 0 aromatic rings. The predicted molar refractivity (Wildman–Crippen MR) is 269 cm³/mol. The van der Waals surface area contributed by atoms with E-state index >= 15 is 0 Å². The van der Waals surface area contributed by atoms with Crippen molar-refractivity contribution < 1.29 is 57.7 Å². The van der Waals surface area contributed by atoms with Gasteiger partial charge in [0.05, 0.1) is 105 Å². The Morgan fingerprint density at radius 3 is 1.06 bits per heavy atom. The SMILES string of the molecule is CC(C)(C)COC(=O)CCCCSCCOCCOCCSCCCC(=O)OCC(C)(C)C.CC(C)(C)COCC(O)CSCCOCCOCCSCC(O)COCC(C)(C)C. The number of aliphatic hydroxyl groups is 2. The molecule has 12 nitrogen and oxygen atoms in total. The molecule has 0 heterocycles. The minimum absolute atomic E-state index is 0.0224. The van der Waals surface area contributed by atoms with Crippen molar-refractivity contribution in [1.82, 2.24) is 0 Å². The minimum Gasteiger partial charge on any atom is -0.465 e. The van der Waals surface area contributed by atoms with E-state index in [9.17, 15) is 19.8 Å². The highest BCUT2D eigenvalue weighted by atomic mass is 32.2. The Morgan fingerprint density at radius 1 is 0.397 bits per heavy atom. The fraction of sp³-hybridized carbons (Fsp3) is 0.957. The van der Waals surface area contributed by atoms with Crippen molar-refractivity contribution in [2.45, 2.75) is 127 Å². The quantitative estimate of drug-likeness (QED) is 0.0446. The van der Waals surface area contributed by atoms with Gasteiger partial charge in [-0.3, -0.25) is 9.59 Å². The van der Waals surface area contributed by atoms with Crippen LogP contribution in [0.15, 0.2) is 0 Å². The van der Waals surface area contributed by atoms with Crippen LogP contribution in [-0.4, -0.2) is 173 Å². The molecule has 0 fully saturated rings. The van der Waals surface area contributed by atoms with Crippen molar-refractivity contribution in [3.05, 3.63) is 0 Å². The van der Waals surface area contributed by atoms with Gasteiger partial charge in [-0.25, -0.2) is 0 Å². The number of hydrogen-bond acceptors (Lipinski definition) is 16. The van der Waals surface area contributed by atoms with Gasteiger partial charge >= 0.3 is 11.9 Å². The van der Waals surface area contributed by atoms with E-state index in [0.717, 1.165) is 60.4 Å². The maximum Gasteiger partial charge on any atom is 0.305 e. The van der Waals surface area contributed by atoms with Crippen LogP contribution in [0.5, 0.6) is 0 Å². The smallest absolute Gasteiger partial charge is 0.305 e. The molecular formula is C47H94O12S4. The zero-order valence-corrected chi connectivity index (χ0v) is 45.1. The van der Waals surface area contributed by atoms with Crippen molar-refractivity contribution in [3.63, 3.8) is 0 Å². The largest absolute Gasteiger partial charge is 0.465 e. The molecule has 0 aliphatic carbocycles. The van der Waals surface area contributed by atoms with E-state index in [1.165, 1.54) is 0 Å². The van der Waals surface area contributed by atoms with E-state index in [-0.39, 0.29) is 33.6 Å². The fourth-order valence-corrected chi connectivity index (χ4v) is 7.56. The van der Waals surface area contributed by atoms with Crippen LogP contribution in [0.25, 0.3) is 0 Å². The molecule has 0 aromatic heterocycles. The zero-order valence-electron chi connectivity index (χ0n) is 41.9. The van der Waals surface area contributed by atoms with Crippen LogP contribution >= 0.6 is 47.0 Å². The third-order valence-electron chi connectivity index (χ3n) is 7.46. The zero-order chi connectivity index (χ0) is 47.9. The fourth-order valence-electron chi connectivity index (χ4n) is 4.39. The van der Waals surface area contributed by atoms with Gasteiger partial charge in [0.15, 0.2) is 0 Å². The molecule has 0 aliphatic heterocycles. The molecule has 0 saturated carbocycles. The van der Waals surface area contributed by atoms with E-state index in [2.05, 4.69) is 83.1 Å². The second-order valence-corrected chi connectivity index (χ2v) is 25.0. The molecule has 0 aliphatic rings. The molecule has 2 N–H and O–H groups in total. The first kappa shape index (κ1) is 65.1. The molecule has 0 aromatic carbocycles. The summed E-state index contributed by atoms with van der Waals surface area (Å²) in [5.74, 6) is 6.70. The Labute approximate surface area is 402 Å². The van der Waals surface area contributed by atoms with Gasteiger partial charge in [0, 0.05) is 47.4 Å². The van der Waals surface area contributed by atoms with Crippen LogP contribution in [0.1, 0.15) is 115 Å². The van der Waals surface area contributed by atoms with Crippen LogP contribution in [0.2, 0.25) is 0 Å². The number of hydrogen-bond donors (Lipinski definition) is 2. The van der Waals surface area contributed by atoms with Gasteiger partial charge in [-0.15, -0.1) is 0 Å². The standard InChI is InChI=1S/C25H48O6S2.C22H46O6S2/c1-24(2,3)20-30-22(26)10-7-8-16-32-18-14-28-12-13-29-15-19-33-17-9-11-23(27)31-21-25(4,5)6;1-21(2,3)17-27-13-19(23)15-29-11-9-25-7-8-26-10-12-30-16-20(24)14-28-18-22(4,5)6/h7-21H2,1-6H3;19-20,23-24H,7-18H2,1-6H3. The molecule has 16 heteroatoms. The lowest BCUT2D eigenvalue weighted by molar-refractivity contribution is -0.147. The van der Waals surface area contributed by atoms with E-state index in [1.807, 2.05) is 11.8 Å². The Bertz CT molecular complexity index is 966. The van der Waals surface area contributed by atoms with Crippen molar-refractivity contribution in [1.29, 1.82) is 0 Å². The summed E-state index contributed by atoms with van der Waals surface area (Å²) in [7, 11) is 0. The second kappa shape index (κ2) is 41.0. The van der Waals surface area contributed by atoms with E-state index in [0.29, 0.717) is 110 Å². The molecule has 0 amide bonds. The first-order chi connectivity index (χ1) is 29.5. The first-order valence-electron chi connectivity index (χ1n) is 22.9. The Morgan fingerprint density at radius 2 is 0.714 bits per heavy atom. The summed E-state index contributed by atoms with van der Waals surface area (Å²) >= 11 is 6.99. The van der Waals surface area contributed by atoms with Gasteiger partial charge in [-0.1, -0.05) is 83.1 Å². The van der Waals surface area contributed by atoms with Gasteiger partial charge in [-0.2, -0.15) is 47.0 Å². The highest BCUT2D eigenvalue weighted by Crippen LogP contribution is 2.17. The number of aliphatic hydroxyl groups excluding tert-OH is 2. The number of unbranched alkanes of at least 4 members (excludes halogenated alkanes) is 1. The third kappa shape index (κ3) is 60.0. The maximum atomic E-state index is 11.6. The summed E-state index contributed by atoms with van der Waals surface area (Å²) < 4.78 is 43.8. The molecular weight excluding hydrogens is 885 g/mol. The average Bonchev–Trinajstić information content (AvgIpc) is 3.16. The van der Waals surface area contributed by atoms with Crippen molar-refractivity contribution in [2.75, 3.05) is 139 Å². The lowest BCUT2D eigenvalue weighted by Crippen LogP contribution is -2.23. The summed E-state index contributed by atoms with van der Waals surface area (Å²) in [6.45, 7) is 33.2. The number of thioether (sulfide) groups is 4. The molecule has 0 spiro atoms. The second-order valence-electron chi connectivity index (χ2n) is 20.3. The van der Waals surface area contributed by atoms with Gasteiger partial charge in [0.2, 0.25) is 0 Å². The van der Waals surface area contributed by atoms with Crippen LogP contribution in [0, 0.1) is 21.7 Å². The van der Waals surface area contributed by atoms with Crippen molar-refractivity contribution >= 4 is 59.0 Å². The summed E-state index contributed by atoms with van der Waals surface area (Å²) in [4.78, 5) is 23.3. The molecule has 2 atom stereocenters. The summed E-state index contributed by atoms with van der Waals surface area (Å²) in [5.41, 5.74) is 0.307. The number of esters is 2. The summed E-state index contributed by atoms with van der Waals surface area (Å²) in [6.07, 6.45) is 2.88. The Hall–Kier alpha value is 0.0200. The van der Waals surface area contributed by atoms with Crippen molar-refractivity contribution in [3.8, 4) is 0 Å². The van der Waals surface area contributed by atoms with E-state index < -0.39 is 12.2 Å². The van der Waals surface area contributed by atoms with Gasteiger partial charge < -0.3 is 48.1 Å². The average molecular weight is 980 g/mol. The number of rotatable bonds is 39. The molecule has 0 radical (unpaired) electrons. The molecule has 0 saturated heterocycles. The van der Waals surface area contributed by atoms with E-state index in [4.69, 9.17) is 37.9 Å². The van der Waals surface area contributed by atoms with Crippen molar-refractivity contribution in [2.24, 2.45) is 21.7 Å². The topological polar surface area (TPSA) is 148 Å². The van der Waals surface area contributed by atoms with Crippen LogP contribution < -0.4 is 0 Å². The first-order valence-corrected chi connectivity index (χ1v) is 27.6. The van der Waals surface area contributed by atoms with Crippen LogP contribution in [-0.2, 0) is 47.5 Å². The number of carbonyl (C=O) groups excluding carboxylic acids is 2.